The van der Waals surface area contributed by atoms with E-state index in [1.165, 1.54) is 12.1 Å². The quantitative estimate of drug-likeness (QED) is 0.499. The van der Waals surface area contributed by atoms with Gasteiger partial charge in [0.2, 0.25) is 11.8 Å². The third-order valence-electron chi connectivity index (χ3n) is 5.19. The molecule has 0 heterocycles. The van der Waals surface area contributed by atoms with Crippen molar-refractivity contribution in [2.75, 3.05) is 18.4 Å². The molecule has 0 aliphatic heterocycles. The number of halogens is 1. The molecule has 6 heteroatoms. The predicted molar refractivity (Wildman–Crippen MR) is 125 cm³/mol. The smallest absolute Gasteiger partial charge is 0.243 e. The van der Waals surface area contributed by atoms with Crippen LogP contribution in [0, 0.1) is 26.6 Å². The van der Waals surface area contributed by atoms with Gasteiger partial charge in [0.25, 0.3) is 0 Å². The Morgan fingerprint density at radius 2 is 1.41 bits per heavy atom. The van der Waals surface area contributed by atoms with Crippen LogP contribution in [0.4, 0.5) is 10.1 Å². The van der Waals surface area contributed by atoms with E-state index in [1.807, 2.05) is 63.2 Å². The summed E-state index contributed by atoms with van der Waals surface area (Å²) in [6, 6.07) is 19.5. The highest BCUT2D eigenvalue weighted by Crippen LogP contribution is 2.23. The van der Waals surface area contributed by atoms with Gasteiger partial charge in [-0.25, -0.2) is 4.39 Å². The molecule has 32 heavy (non-hydrogen) atoms. The average Bonchev–Trinajstić information content (AvgIpc) is 2.77. The van der Waals surface area contributed by atoms with E-state index in [4.69, 9.17) is 0 Å². The standard InChI is InChI=1S/C26H28FN3O2/c1-17-13-18(2)25(19(3)14-17)30-24(32)16-28-23(31)15-29-26(20-7-5-4-6-8-20)21-9-11-22(27)12-10-21/h4-14,26,29H,15-16H2,1-3H3,(H,28,31)(H,30,32). The van der Waals surface area contributed by atoms with Crippen LogP contribution in [0.5, 0.6) is 0 Å². The molecule has 0 aliphatic rings. The first-order valence-electron chi connectivity index (χ1n) is 10.5. The lowest BCUT2D eigenvalue weighted by Crippen LogP contribution is -2.39. The Labute approximate surface area is 188 Å². The molecule has 0 radical (unpaired) electrons. The van der Waals surface area contributed by atoms with Crippen LogP contribution >= 0.6 is 0 Å². The maximum absolute atomic E-state index is 13.3. The lowest BCUT2D eigenvalue weighted by molar-refractivity contribution is -0.123. The van der Waals surface area contributed by atoms with Gasteiger partial charge in [-0.15, -0.1) is 0 Å². The van der Waals surface area contributed by atoms with E-state index in [-0.39, 0.29) is 36.8 Å². The number of aryl methyl sites for hydroxylation is 3. The first kappa shape index (κ1) is 23.2. The van der Waals surface area contributed by atoms with E-state index in [0.717, 1.165) is 33.5 Å². The van der Waals surface area contributed by atoms with Crippen molar-refractivity contribution in [1.82, 2.24) is 10.6 Å². The van der Waals surface area contributed by atoms with Crippen LogP contribution in [0.15, 0.2) is 66.7 Å². The monoisotopic (exact) mass is 433 g/mol. The molecule has 3 aromatic rings. The lowest BCUT2D eigenvalue weighted by atomic mass is 9.98. The van der Waals surface area contributed by atoms with Crippen molar-refractivity contribution in [3.05, 3.63) is 100 Å². The molecule has 0 saturated carbocycles. The Morgan fingerprint density at radius 1 is 0.812 bits per heavy atom. The van der Waals surface area contributed by atoms with E-state index in [1.54, 1.807) is 12.1 Å². The zero-order valence-corrected chi connectivity index (χ0v) is 18.5. The fourth-order valence-corrected chi connectivity index (χ4v) is 3.73. The topological polar surface area (TPSA) is 70.2 Å². The van der Waals surface area contributed by atoms with Crippen LogP contribution in [0.3, 0.4) is 0 Å². The SMILES string of the molecule is Cc1cc(C)c(NC(=O)CNC(=O)CNC(c2ccccc2)c2ccc(F)cc2)c(C)c1. The highest BCUT2D eigenvalue weighted by atomic mass is 19.1. The Hall–Kier alpha value is -3.51. The fraction of sp³-hybridized carbons (Fsp3) is 0.231. The van der Waals surface area contributed by atoms with Crippen LogP contribution in [-0.4, -0.2) is 24.9 Å². The van der Waals surface area contributed by atoms with Gasteiger partial charge in [-0.2, -0.15) is 0 Å². The molecular weight excluding hydrogens is 405 g/mol. The normalized spacial score (nSPS) is 11.6. The molecule has 3 rings (SSSR count). The van der Waals surface area contributed by atoms with E-state index >= 15 is 0 Å². The maximum atomic E-state index is 13.3. The lowest BCUT2D eigenvalue weighted by Gasteiger charge is -2.20. The number of amides is 2. The second-order valence-corrected chi connectivity index (χ2v) is 7.87. The minimum Gasteiger partial charge on any atom is -0.346 e. The largest absolute Gasteiger partial charge is 0.346 e. The summed E-state index contributed by atoms with van der Waals surface area (Å²) in [6.07, 6.45) is 0. The summed E-state index contributed by atoms with van der Waals surface area (Å²) < 4.78 is 13.3. The van der Waals surface area contributed by atoms with Gasteiger partial charge in [-0.3, -0.25) is 14.9 Å². The summed E-state index contributed by atoms with van der Waals surface area (Å²) in [6.45, 7) is 5.77. The molecule has 166 valence electrons. The zero-order chi connectivity index (χ0) is 23.1. The zero-order valence-electron chi connectivity index (χ0n) is 18.5. The Kier molecular flexibility index (Phi) is 7.73. The summed E-state index contributed by atoms with van der Waals surface area (Å²) >= 11 is 0. The molecule has 0 aliphatic carbocycles. The first-order valence-corrected chi connectivity index (χ1v) is 10.5. The summed E-state index contributed by atoms with van der Waals surface area (Å²) in [5.41, 5.74) is 5.66. The van der Waals surface area contributed by atoms with Gasteiger partial charge in [0.15, 0.2) is 0 Å². The fourth-order valence-electron chi connectivity index (χ4n) is 3.73. The van der Waals surface area contributed by atoms with E-state index in [9.17, 15) is 14.0 Å². The number of carbonyl (C=O) groups is 2. The number of nitrogens with one attached hydrogen (secondary N) is 3. The molecule has 0 fully saturated rings. The molecule has 1 atom stereocenters. The van der Waals surface area contributed by atoms with Gasteiger partial charge >= 0.3 is 0 Å². The van der Waals surface area contributed by atoms with Crippen molar-refractivity contribution in [3.63, 3.8) is 0 Å². The second-order valence-electron chi connectivity index (χ2n) is 7.87. The van der Waals surface area contributed by atoms with Gasteiger partial charge in [0, 0.05) is 5.69 Å². The van der Waals surface area contributed by atoms with Crippen molar-refractivity contribution < 1.29 is 14.0 Å². The molecule has 0 bridgehead atoms. The van der Waals surface area contributed by atoms with Crippen molar-refractivity contribution >= 4 is 17.5 Å². The van der Waals surface area contributed by atoms with Gasteiger partial charge < -0.3 is 10.6 Å². The number of rotatable bonds is 8. The third-order valence-corrected chi connectivity index (χ3v) is 5.19. The van der Waals surface area contributed by atoms with Crippen molar-refractivity contribution in [3.8, 4) is 0 Å². The average molecular weight is 434 g/mol. The highest BCUT2D eigenvalue weighted by Gasteiger charge is 2.16. The van der Waals surface area contributed by atoms with Crippen LogP contribution in [-0.2, 0) is 9.59 Å². The Morgan fingerprint density at radius 3 is 2.03 bits per heavy atom. The van der Waals surface area contributed by atoms with Gasteiger partial charge in [-0.1, -0.05) is 60.2 Å². The number of carbonyl (C=O) groups excluding carboxylic acids is 2. The van der Waals surface area contributed by atoms with Crippen LogP contribution in [0.2, 0.25) is 0 Å². The van der Waals surface area contributed by atoms with Gasteiger partial charge in [0.05, 0.1) is 19.1 Å². The van der Waals surface area contributed by atoms with Crippen LogP contribution < -0.4 is 16.0 Å². The molecule has 0 aromatic heterocycles. The minimum absolute atomic E-state index is 0.00675. The third kappa shape index (κ3) is 6.25. The van der Waals surface area contributed by atoms with Gasteiger partial charge in [-0.05, 0) is 55.2 Å². The van der Waals surface area contributed by atoms with Crippen LogP contribution in [0.25, 0.3) is 0 Å². The number of benzene rings is 3. The number of anilines is 1. The predicted octanol–water partition coefficient (Wildman–Crippen LogP) is 4.18. The molecule has 5 nitrogen and oxygen atoms in total. The molecule has 3 aromatic carbocycles. The molecule has 0 spiro atoms. The summed E-state index contributed by atoms with van der Waals surface area (Å²) in [5, 5.41) is 8.72. The summed E-state index contributed by atoms with van der Waals surface area (Å²) in [7, 11) is 0. The minimum atomic E-state index is -0.316. The summed E-state index contributed by atoms with van der Waals surface area (Å²) in [5.74, 6) is -0.907. The number of hydrogen-bond donors (Lipinski definition) is 3. The molecular formula is C26H28FN3O2. The summed E-state index contributed by atoms with van der Waals surface area (Å²) in [4.78, 5) is 24.7. The maximum Gasteiger partial charge on any atom is 0.243 e. The van der Waals surface area contributed by atoms with Crippen molar-refractivity contribution in [2.45, 2.75) is 26.8 Å². The van der Waals surface area contributed by atoms with Crippen molar-refractivity contribution in [2.24, 2.45) is 0 Å². The van der Waals surface area contributed by atoms with E-state index < -0.39 is 0 Å². The van der Waals surface area contributed by atoms with E-state index in [0.29, 0.717) is 0 Å². The molecule has 2 amide bonds. The second kappa shape index (κ2) is 10.7. The van der Waals surface area contributed by atoms with Gasteiger partial charge in [0.1, 0.15) is 5.82 Å². The number of hydrogen-bond acceptors (Lipinski definition) is 3. The van der Waals surface area contributed by atoms with E-state index in [2.05, 4.69) is 16.0 Å². The molecule has 0 saturated heterocycles. The first-order chi connectivity index (χ1) is 15.3. The van der Waals surface area contributed by atoms with Crippen LogP contribution in [0.1, 0.15) is 33.9 Å². The van der Waals surface area contributed by atoms with Crippen molar-refractivity contribution in [1.29, 1.82) is 0 Å². The molecule has 1 unspecified atom stereocenters. The Balaban J connectivity index is 1.57. The highest BCUT2D eigenvalue weighted by molar-refractivity contribution is 5.96. The molecule has 3 N–H and O–H groups in total. The Bertz CT molecular complexity index is 1060.